The third-order valence-corrected chi connectivity index (χ3v) is 5.65. The average Bonchev–Trinajstić information content (AvgIpc) is 2.90. The van der Waals surface area contributed by atoms with Gasteiger partial charge < -0.3 is 9.80 Å². The highest BCUT2D eigenvalue weighted by Crippen LogP contribution is 2.27. The summed E-state index contributed by atoms with van der Waals surface area (Å²) in [5.74, 6) is 0.255. The molecule has 0 aromatic heterocycles. The van der Waals surface area contributed by atoms with Crippen molar-refractivity contribution in [2.24, 2.45) is 0 Å². The van der Waals surface area contributed by atoms with E-state index in [9.17, 15) is 9.59 Å². The van der Waals surface area contributed by atoms with Crippen LogP contribution in [0.5, 0.6) is 0 Å². The molecule has 0 atom stereocenters. The highest BCUT2D eigenvalue weighted by molar-refractivity contribution is 5.94. The number of para-hydroxylation sites is 1. The smallest absolute Gasteiger partial charge is 0.228 e. The average molecular weight is 342 g/mol. The van der Waals surface area contributed by atoms with Crippen molar-refractivity contribution < 1.29 is 9.59 Å². The van der Waals surface area contributed by atoms with Crippen molar-refractivity contribution in [1.82, 2.24) is 4.90 Å². The number of hydrogen-bond donors (Lipinski definition) is 0. The first-order valence-corrected chi connectivity index (χ1v) is 9.82. The van der Waals surface area contributed by atoms with E-state index in [1.54, 1.807) is 6.92 Å². The number of carbonyl (C=O) groups excluding carboxylic acids is 2. The van der Waals surface area contributed by atoms with Crippen LogP contribution in [0.4, 0.5) is 5.69 Å². The Bertz CT molecular complexity index is 606. The van der Waals surface area contributed by atoms with Crippen LogP contribution in [-0.4, -0.2) is 35.8 Å². The van der Waals surface area contributed by atoms with Gasteiger partial charge in [-0.3, -0.25) is 9.59 Å². The second kappa shape index (κ2) is 8.50. The summed E-state index contributed by atoms with van der Waals surface area (Å²) in [5, 5.41) is 0. The topological polar surface area (TPSA) is 40.6 Å². The van der Waals surface area contributed by atoms with Crippen molar-refractivity contribution in [3.63, 3.8) is 0 Å². The summed E-state index contributed by atoms with van der Waals surface area (Å²) < 4.78 is 0. The quantitative estimate of drug-likeness (QED) is 0.778. The lowest BCUT2D eigenvalue weighted by Crippen LogP contribution is -2.42. The maximum atomic E-state index is 12.8. The molecule has 2 aliphatic rings. The van der Waals surface area contributed by atoms with Gasteiger partial charge >= 0.3 is 0 Å². The Kier molecular flexibility index (Phi) is 6.11. The Balaban J connectivity index is 1.63. The maximum absolute atomic E-state index is 12.8. The molecule has 1 fully saturated rings. The Hall–Kier alpha value is -1.84. The molecular weight excluding hydrogens is 312 g/mol. The van der Waals surface area contributed by atoms with Crippen molar-refractivity contribution in [2.75, 3.05) is 18.0 Å². The lowest BCUT2D eigenvalue weighted by molar-refractivity contribution is -0.132. The molecular formula is C21H30N2O2. The van der Waals surface area contributed by atoms with Crippen LogP contribution in [0.1, 0.15) is 63.9 Å². The van der Waals surface area contributed by atoms with Crippen molar-refractivity contribution in [3.05, 3.63) is 29.8 Å². The van der Waals surface area contributed by atoms with Crippen LogP contribution < -0.4 is 4.90 Å². The summed E-state index contributed by atoms with van der Waals surface area (Å²) in [6.45, 7) is 2.99. The van der Waals surface area contributed by atoms with Gasteiger partial charge in [0.05, 0.1) is 0 Å². The lowest BCUT2D eigenvalue weighted by atomic mass is 10.0. The van der Waals surface area contributed by atoms with E-state index in [0.29, 0.717) is 19.0 Å². The molecule has 0 spiro atoms. The Morgan fingerprint density at radius 2 is 1.80 bits per heavy atom. The standard InChI is InChI=1S/C21H30N2O2/c1-17(24)22(19-11-4-2-3-5-12-19)16-14-21(25)23-15-8-10-18-9-6-7-13-20(18)23/h6-7,9,13,19H,2-5,8,10-12,14-16H2,1H3. The number of fused-ring (bicyclic) bond motifs is 1. The zero-order valence-electron chi connectivity index (χ0n) is 15.4. The number of amides is 2. The fourth-order valence-electron chi connectivity index (χ4n) is 4.31. The fourth-order valence-corrected chi connectivity index (χ4v) is 4.31. The molecule has 1 aliphatic carbocycles. The SMILES string of the molecule is CC(=O)N(CCC(=O)N1CCCc2ccccc21)C1CCCCCC1. The third kappa shape index (κ3) is 4.42. The van der Waals surface area contributed by atoms with Crippen molar-refractivity contribution in [1.29, 1.82) is 0 Å². The fraction of sp³-hybridized carbons (Fsp3) is 0.619. The minimum Gasteiger partial charge on any atom is -0.339 e. The van der Waals surface area contributed by atoms with Crippen molar-refractivity contribution >= 4 is 17.5 Å². The highest BCUT2D eigenvalue weighted by atomic mass is 16.2. The second-order valence-corrected chi connectivity index (χ2v) is 7.39. The predicted molar refractivity (Wildman–Crippen MR) is 101 cm³/mol. The van der Waals surface area contributed by atoms with E-state index in [0.717, 1.165) is 37.9 Å². The first-order valence-electron chi connectivity index (χ1n) is 9.82. The first kappa shape index (κ1) is 18.0. The predicted octanol–water partition coefficient (Wildman–Crippen LogP) is 3.93. The van der Waals surface area contributed by atoms with Gasteiger partial charge in [0.15, 0.2) is 0 Å². The van der Waals surface area contributed by atoms with Crippen LogP contribution in [-0.2, 0) is 16.0 Å². The van der Waals surface area contributed by atoms with Gasteiger partial charge in [0.2, 0.25) is 11.8 Å². The number of nitrogens with zero attached hydrogens (tertiary/aromatic N) is 2. The molecule has 2 amide bonds. The van der Waals surface area contributed by atoms with E-state index >= 15 is 0 Å². The van der Waals surface area contributed by atoms with Gasteiger partial charge in [0, 0.05) is 38.2 Å². The van der Waals surface area contributed by atoms with Crippen LogP contribution in [0.2, 0.25) is 0 Å². The van der Waals surface area contributed by atoms with E-state index in [1.807, 2.05) is 28.0 Å². The maximum Gasteiger partial charge on any atom is 0.228 e. The van der Waals surface area contributed by atoms with Crippen LogP contribution in [0.25, 0.3) is 0 Å². The van der Waals surface area contributed by atoms with E-state index in [1.165, 1.54) is 31.2 Å². The molecule has 0 N–H and O–H groups in total. The molecule has 25 heavy (non-hydrogen) atoms. The minimum atomic E-state index is 0.110. The Morgan fingerprint density at radius 1 is 1.08 bits per heavy atom. The molecule has 3 rings (SSSR count). The first-order chi connectivity index (χ1) is 12.2. The van der Waals surface area contributed by atoms with Crippen molar-refractivity contribution in [2.45, 2.75) is 70.8 Å². The number of rotatable bonds is 4. The van der Waals surface area contributed by atoms with Gasteiger partial charge in [-0.25, -0.2) is 0 Å². The van der Waals surface area contributed by atoms with Crippen LogP contribution in [0, 0.1) is 0 Å². The minimum absolute atomic E-state index is 0.110. The zero-order valence-corrected chi connectivity index (χ0v) is 15.4. The number of benzene rings is 1. The molecule has 1 aromatic carbocycles. The summed E-state index contributed by atoms with van der Waals surface area (Å²) in [7, 11) is 0. The van der Waals surface area contributed by atoms with Gasteiger partial charge in [0.1, 0.15) is 0 Å². The second-order valence-electron chi connectivity index (χ2n) is 7.39. The van der Waals surface area contributed by atoms with Gasteiger partial charge in [-0.1, -0.05) is 43.9 Å². The van der Waals surface area contributed by atoms with Crippen molar-refractivity contribution in [3.8, 4) is 0 Å². The molecule has 1 saturated carbocycles. The normalized spacial score (nSPS) is 18.4. The monoisotopic (exact) mass is 342 g/mol. The summed E-state index contributed by atoms with van der Waals surface area (Å²) in [4.78, 5) is 28.8. The van der Waals surface area contributed by atoms with Crippen LogP contribution in [0.15, 0.2) is 24.3 Å². The molecule has 1 aromatic rings. The molecule has 136 valence electrons. The largest absolute Gasteiger partial charge is 0.339 e. The Labute approximate surface area is 151 Å². The van der Waals surface area contributed by atoms with Gasteiger partial charge in [-0.2, -0.15) is 0 Å². The summed E-state index contributed by atoms with van der Waals surface area (Å²) in [6.07, 6.45) is 9.58. The molecule has 0 unspecified atom stereocenters. The molecule has 1 heterocycles. The molecule has 0 bridgehead atoms. The third-order valence-electron chi connectivity index (χ3n) is 5.65. The van der Waals surface area contributed by atoms with Gasteiger partial charge in [-0.15, -0.1) is 0 Å². The zero-order chi connectivity index (χ0) is 17.6. The highest BCUT2D eigenvalue weighted by Gasteiger charge is 2.26. The number of anilines is 1. The lowest BCUT2D eigenvalue weighted by Gasteiger charge is -2.33. The van der Waals surface area contributed by atoms with Crippen LogP contribution >= 0.6 is 0 Å². The molecule has 4 nitrogen and oxygen atoms in total. The van der Waals surface area contributed by atoms with E-state index < -0.39 is 0 Å². The summed E-state index contributed by atoms with van der Waals surface area (Å²) in [5.41, 5.74) is 2.32. The molecule has 0 radical (unpaired) electrons. The number of carbonyl (C=O) groups is 2. The molecule has 4 heteroatoms. The summed E-state index contributed by atoms with van der Waals surface area (Å²) in [6, 6.07) is 8.51. The van der Waals surface area contributed by atoms with E-state index in [-0.39, 0.29) is 11.8 Å². The van der Waals surface area contributed by atoms with E-state index in [2.05, 4.69) is 6.07 Å². The van der Waals surface area contributed by atoms with Gasteiger partial charge in [0.25, 0.3) is 0 Å². The molecule has 1 aliphatic heterocycles. The van der Waals surface area contributed by atoms with Gasteiger partial charge in [-0.05, 0) is 37.3 Å². The summed E-state index contributed by atoms with van der Waals surface area (Å²) >= 11 is 0. The molecule has 0 saturated heterocycles. The number of hydrogen-bond acceptors (Lipinski definition) is 2. The Morgan fingerprint density at radius 3 is 2.52 bits per heavy atom. The van der Waals surface area contributed by atoms with E-state index in [4.69, 9.17) is 0 Å². The van der Waals surface area contributed by atoms with Crippen LogP contribution in [0.3, 0.4) is 0 Å². The number of aryl methyl sites for hydroxylation is 1.